The lowest BCUT2D eigenvalue weighted by atomic mass is 9.99. The Morgan fingerprint density at radius 1 is 1.29 bits per heavy atom. The molecule has 1 N–H and O–H groups in total. The Labute approximate surface area is 139 Å². The number of carboxylic acid groups (broad SMARTS) is 1. The Bertz CT molecular complexity index is 706. The molecule has 0 radical (unpaired) electrons. The van der Waals surface area contributed by atoms with Gasteiger partial charge in [0.1, 0.15) is 17.4 Å². The predicted molar refractivity (Wildman–Crippen MR) is 88.0 cm³/mol. The first-order valence-electron chi connectivity index (χ1n) is 7.95. The number of pyridine rings is 1. The van der Waals surface area contributed by atoms with Gasteiger partial charge in [0.2, 0.25) is 0 Å². The molecule has 1 aliphatic heterocycles. The predicted octanol–water partition coefficient (Wildman–Crippen LogP) is 3.21. The quantitative estimate of drug-likeness (QED) is 0.912. The number of ether oxygens (including phenoxy) is 1. The van der Waals surface area contributed by atoms with Crippen molar-refractivity contribution in [3.63, 3.8) is 0 Å². The number of carboxylic acids is 1. The highest BCUT2D eigenvalue weighted by molar-refractivity contribution is 5.85. The Morgan fingerprint density at radius 3 is 2.83 bits per heavy atom. The Kier molecular flexibility index (Phi) is 4.93. The second-order valence-corrected chi connectivity index (χ2v) is 5.91. The molecule has 0 spiro atoms. The molecular formula is C18H19FN2O3. The number of piperidine rings is 1. The van der Waals surface area contributed by atoms with Crippen molar-refractivity contribution < 1.29 is 19.0 Å². The number of benzene rings is 1. The van der Waals surface area contributed by atoms with Crippen molar-refractivity contribution in [1.29, 1.82) is 0 Å². The van der Waals surface area contributed by atoms with Crippen molar-refractivity contribution in [1.82, 2.24) is 4.98 Å². The minimum Gasteiger partial charge on any atom is -0.493 e. The Balaban J connectivity index is 1.60. The van der Waals surface area contributed by atoms with Gasteiger partial charge < -0.3 is 14.7 Å². The molecule has 126 valence electrons. The fourth-order valence-electron chi connectivity index (χ4n) is 2.87. The summed E-state index contributed by atoms with van der Waals surface area (Å²) in [5, 5.41) is 9.06. The van der Waals surface area contributed by atoms with Crippen LogP contribution in [0.5, 0.6) is 5.75 Å². The lowest BCUT2D eigenvalue weighted by Gasteiger charge is -2.33. The lowest BCUT2D eigenvalue weighted by Crippen LogP contribution is -2.38. The Hall–Kier alpha value is -2.63. The van der Waals surface area contributed by atoms with Gasteiger partial charge in [-0.25, -0.2) is 14.2 Å². The van der Waals surface area contributed by atoms with E-state index in [4.69, 9.17) is 9.84 Å². The molecule has 3 rings (SSSR count). The summed E-state index contributed by atoms with van der Waals surface area (Å²) in [7, 11) is 0. The van der Waals surface area contributed by atoms with Gasteiger partial charge in [-0.1, -0.05) is 6.07 Å². The van der Waals surface area contributed by atoms with Crippen LogP contribution in [-0.2, 0) is 0 Å². The first kappa shape index (κ1) is 16.2. The van der Waals surface area contributed by atoms with E-state index < -0.39 is 5.97 Å². The van der Waals surface area contributed by atoms with E-state index >= 15 is 0 Å². The van der Waals surface area contributed by atoms with Gasteiger partial charge in [0.25, 0.3) is 0 Å². The van der Waals surface area contributed by atoms with E-state index in [0.717, 1.165) is 25.9 Å². The van der Waals surface area contributed by atoms with E-state index in [1.807, 2.05) is 6.07 Å². The van der Waals surface area contributed by atoms with Crippen molar-refractivity contribution in [2.75, 3.05) is 24.6 Å². The van der Waals surface area contributed by atoms with Crippen molar-refractivity contribution in [3.8, 4) is 5.75 Å². The number of anilines is 1. The number of nitrogens with zero attached hydrogens (tertiary/aromatic N) is 2. The third kappa shape index (κ3) is 4.01. The molecule has 6 heteroatoms. The molecular weight excluding hydrogens is 311 g/mol. The molecule has 2 aromatic rings. The molecule has 1 aromatic carbocycles. The molecule has 1 saturated heterocycles. The fraction of sp³-hybridized carbons (Fsp3) is 0.333. The summed E-state index contributed by atoms with van der Waals surface area (Å²) >= 11 is 0. The summed E-state index contributed by atoms with van der Waals surface area (Å²) in [4.78, 5) is 17.4. The van der Waals surface area contributed by atoms with Crippen molar-refractivity contribution in [2.45, 2.75) is 12.8 Å². The van der Waals surface area contributed by atoms with Crippen LogP contribution in [0.2, 0.25) is 0 Å². The summed E-state index contributed by atoms with van der Waals surface area (Å²) in [5.41, 5.74) is 0.0529. The number of carbonyl (C=O) groups is 1. The van der Waals surface area contributed by atoms with Crippen LogP contribution >= 0.6 is 0 Å². The molecule has 0 aliphatic carbocycles. The zero-order chi connectivity index (χ0) is 16.9. The molecule has 0 saturated carbocycles. The van der Waals surface area contributed by atoms with Gasteiger partial charge in [0.05, 0.1) is 6.61 Å². The topological polar surface area (TPSA) is 62.7 Å². The second-order valence-electron chi connectivity index (χ2n) is 5.91. The van der Waals surface area contributed by atoms with Gasteiger partial charge in [-0.3, -0.25) is 0 Å². The van der Waals surface area contributed by atoms with Gasteiger partial charge in [0.15, 0.2) is 5.69 Å². The zero-order valence-electron chi connectivity index (χ0n) is 13.2. The minimum atomic E-state index is -1.02. The molecule has 0 unspecified atom stereocenters. The maximum Gasteiger partial charge on any atom is 0.354 e. The standard InChI is InChI=1S/C18H19FN2O3/c19-14-6-8-15(9-7-14)24-12-13-3-2-10-21(11-13)17-5-1-4-16(20-17)18(22)23/h1,4-9,13H,2-3,10-12H2,(H,22,23)/t13-/m1/s1. The van der Waals surface area contributed by atoms with E-state index in [-0.39, 0.29) is 11.5 Å². The molecule has 5 nitrogen and oxygen atoms in total. The number of halogens is 1. The van der Waals surface area contributed by atoms with E-state index in [1.165, 1.54) is 18.2 Å². The van der Waals surface area contributed by atoms with Crippen LogP contribution in [0.4, 0.5) is 10.2 Å². The second kappa shape index (κ2) is 7.29. The van der Waals surface area contributed by atoms with Crippen molar-refractivity contribution >= 4 is 11.8 Å². The van der Waals surface area contributed by atoms with E-state index in [1.54, 1.807) is 18.2 Å². The summed E-state index contributed by atoms with van der Waals surface area (Å²) in [6.07, 6.45) is 2.03. The summed E-state index contributed by atoms with van der Waals surface area (Å²) in [6, 6.07) is 11.0. The highest BCUT2D eigenvalue weighted by atomic mass is 19.1. The molecule has 1 aliphatic rings. The SMILES string of the molecule is O=C(O)c1cccc(N2CCC[C@@H](COc3ccc(F)cc3)C2)n1. The fourth-order valence-corrected chi connectivity index (χ4v) is 2.87. The third-order valence-corrected chi connectivity index (χ3v) is 4.10. The van der Waals surface area contributed by atoms with Crippen molar-refractivity contribution in [2.24, 2.45) is 5.92 Å². The van der Waals surface area contributed by atoms with Crippen LogP contribution in [0.3, 0.4) is 0 Å². The normalized spacial score (nSPS) is 17.5. The number of aromatic carboxylic acids is 1. The molecule has 1 atom stereocenters. The van der Waals surface area contributed by atoms with Gasteiger partial charge in [-0.05, 0) is 49.2 Å². The average Bonchev–Trinajstić information content (AvgIpc) is 2.61. The van der Waals surface area contributed by atoms with E-state index in [9.17, 15) is 9.18 Å². The van der Waals surface area contributed by atoms with E-state index in [2.05, 4.69) is 9.88 Å². The van der Waals surface area contributed by atoms with Crippen LogP contribution < -0.4 is 9.64 Å². The highest BCUT2D eigenvalue weighted by Gasteiger charge is 2.22. The Morgan fingerprint density at radius 2 is 2.08 bits per heavy atom. The third-order valence-electron chi connectivity index (χ3n) is 4.10. The lowest BCUT2D eigenvalue weighted by molar-refractivity contribution is 0.0690. The van der Waals surface area contributed by atoms with Gasteiger partial charge >= 0.3 is 5.97 Å². The van der Waals surface area contributed by atoms with E-state index in [0.29, 0.717) is 24.1 Å². The van der Waals surface area contributed by atoms with Crippen LogP contribution in [0.1, 0.15) is 23.3 Å². The monoisotopic (exact) mass is 330 g/mol. The number of aromatic nitrogens is 1. The zero-order valence-corrected chi connectivity index (χ0v) is 13.2. The molecule has 24 heavy (non-hydrogen) atoms. The first-order valence-corrected chi connectivity index (χ1v) is 7.95. The molecule has 0 bridgehead atoms. The van der Waals surface area contributed by atoms with Gasteiger partial charge in [0, 0.05) is 19.0 Å². The van der Waals surface area contributed by atoms with Crippen LogP contribution in [-0.4, -0.2) is 35.8 Å². The number of hydrogen-bond donors (Lipinski definition) is 1. The summed E-state index contributed by atoms with van der Waals surface area (Å²) < 4.78 is 18.6. The maximum absolute atomic E-state index is 12.9. The average molecular weight is 330 g/mol. The van der Waals surface area contributed by atoms with Gasteiger partial charge in [-0.15, -0.1) is 0 Å². The molecule has 1 aromatic heterocycles. The summed E-state index contributed by atoms with van der Waals surface area (Å²) in [5.74, 6) is 0.348. The highest BCUT2D eigenvalue weighted by Crippen LogP contribution is 2.23. The molecule has 1 fully saturated rings. The number of rotatable bonds is 5. The van der Waals surface area contributed by atoms with Crippen LogP contribution in [0.25, 0.3) is 0 Å². The number of hydrogen-bond acceptors (Lipinski definition) is 4. The molecule has 0 amide bonds. The summed E-state index contributed by atoms with van der Waals surface area (Å²) in [6.45, 7) is 2.15. The van der Waals surface area contributed by atoms with Crippen LogP contribution in [0, 0.1) is 11.7 Å². The molecule has 2 heterocycles. The van der Waals surface area contributed by atoms with Gasteiger partial charge in [-0.2, -0.15) is 0 Å². The maximum atomic E-state index is 12.9. The smallest absolute Gasteiger partial charge is 0.354 e. The first-order chi connectivity index (χ1) is 11.6. The van der Waals surface area contributed by atoms with Crippen molar-refractivity contribution in [3.05, 3.63) is 54.0 Å². The van der Waals surface area contributed by atoms with Crippen LogP contribution in [0.15, 0.2) is 42.5 Å². The minimum absolute atomic E-state index is 0.0529. The largest absolute Gasteiger partial charge is 0.493 e.